The van der Waals surface area contributed by atoms with Gasteiger partial charge in [0.15, 0.2) is 0 Å². The van der Waals surface area contributed by atoms with Gasteiger partial charge < -0.3 is 4.74 Å². The summed E-state index contributed by atoms with van der Waals surface area (Å²) >= 11 is 0. The van der Waals surface area contributed by atoms with Crippen molar-refractivity contribution in [3.8, 4) is 0 Å². The molecule has 1 atom stereocenters. The SMILES string of the molecule is CC1CC(C)(C)CO1. The van der Waals surface area contributed by atoms with Crippen molar-refractivity contribution in [2.75, 3.05) is 6.61 Å². The maximum Gasteiger partial charge on any atom is 0.0553 e. The number of rotatable bonds is 0. The van der Waals surface area contributed by atoms with Crippen LogP contribution in [0.2, 0.25) is 0 Å². The topological polar surface area (TPSA) is 9.23 Å². The molecule has 0 aromatic heterocycles. The fourth-order valence-electron chi connectivity index (χ4n) is 1.26. The van der Waals surface area contributed by atoms with Gasteiger partial charge >= 0.3 is 0 Å². The van der Waals surface area contributed by atoms with E-state index in [0.29, 0.717) is 11.5 Å². The smallest absolute Gasteiger partial charge is 0.0553 e. The Balaban J connectivity index is 2.44. The fourth-order valence-corrected chi connectivity index (χ4v) is 1.26. The molecule has 1 rings (SSSR count). The lowest BCUT2D eigenvalue weighted by Gasteiger charge is -2.12. The molecule has 0 aromatic rings. The highest BCUT2D eigenvalue weighted by atomic mass is 16.5. The summed E-state index contributed by atoms with van der Waals surface area (Å²) in [6, 6.07) is 0. The third-order valence-corrected chi connectivity index (χ3v) is 1.60. The molecule has 0 aromatic carbocycles. The first-order valence-corrected chi connectivity index (χ1v) is 3.22. The van der Waals surface area contributed by atoms with Gasteiger partial charge in [-0.15, -0.1) is 0 Å². The third kappa shape index (κ3) is 1.22. The van der Waals surface area contributed by atoms with Crippen LogP contribution in [0, 0.1) is 5.41 Å². The Bertz CT molecular complexity index is 86.4. The Morgan fingerprint density at radius 3 is 2.25 bits per heavy atom. The minimum Gasteiger partial charge on any atom is -0.378 e. The van der Waals surface area contributed by atoms with Gasteiger partial charge in [-0.2, -0.15) is 0 Å². The van der Waals surface area contributed by atoms with Crippen molar-refractivity contribution >= 4 is 0 Å². The maximum absolute atomic E-state index is 5.37. The zero-order chi connectivity index (χ0) is 6.20. The zero-order valence-electron chi connectivity index (χ0n) is 5.90. The summed E-state index contributed by atoms with van der Waals surface area (Å²) in [4.78, 5) is 0. The molecule has 0 amide bonds. The van der Waals surface area contributed by atoms with Gasteiger partial charge in [0, 0.05) is 0 Å². The average Bonchev–Trinajstić information content (AvgIpc) is 1.82. The highest BCUT2D eigenvalue weighted by Gasteiger charge is 2.28. The predicted octanol–water partition coefficient (Wildman–Crippen LogP) is 1.82. The van der Waals surface area contributed by atoms with Crippen LogP contribution in [0.5, 0.6) is 0 Å². The first-order chi connectivity index (χ1) is 3.60. The lowest BCUT2D eigenvalue weighted by molar-refractivity contribution is 0.112. The molecular weight excluding hydrogens is 100 g/mol. The van der Waals surface area contributed by atoms with Crippen molar-refractivity contribution in [3.05, 3.63) is 0 Å². The van der Waals surface area contributed by atoms with Crippen molar-refractivity contribution in [2.45, 2.75) is 33.3 Å². The second kappa shape index (κ2) is 1.73. The lowest BCUT2D eigenvalue weighted by atomic mass is 9.91. The molecule has 0 radical (unpaired) electrons. The second-order valence-corrected chi connectivity index (χ2v) is 3.49. The summed E-state index contributed by atoms with van der Waals surface area (Å²) in [6.45, 7) is 7.57. The highest BCUT2D eigenvalue weighted by molar-refractivity contribution is 4.77. The molecular formula is C7H14O. The van der Waals surface area contributed by atoms with E-state index in [0.717, 1.165) is 6.61 Å². The number of hydrogen-bond donors (Lipinski definition) is 0. The first kappa shape index (κ1) is 6.09. The van der Waals surface area contributed by atoms with Crippen LogP contribution in [0.3, 0.4) is 0 Å². The number of hydrogen-bond acceptors (Lipinski definition) is 1. The minimum atomic E-state index is 0.444. The van der Waals surface area contributed by atoms with Gasteiger partial charge in [-0.25, -0.2) is 0 Å². The maximum atomic E-state index is 5.37. The van der Waals surface area contributed by atoms with Crippen LogP contribution in [0.4, 0.5) is 0 Å². The Hall–Kier alpha value is -0.0400. The summed E-state index contributed by atoms with van der Waals surface area (Å²) in [6.07, 6.45) is 1.71. The molecule has 0 bridgehead atoms. The minimum absolute atomic E-state index is 0.444. The van der Waals surface area contributed by atoms with Gasteiger partial charge in [0.25, 0.3) is 0 Å². The standard InChI is InChI=1S/C7H14O/c1-6-4-7(2,3)5-8-6/h6H,4-5H2,1-3H3. The third-order valence-electron chi connectivity index (χ3n) is 1.60. The summed E-state index contributed by atoms with van der Waals surface area (Å²) < 4.78 is 5.37. The lowest BCUT2D eigenvalue weighted by Crippen LogP contribution is -2.09. The molecule has 1 aliphatic heterocycles. The van der Waals surface area contributed by atoms with Gasteiger partial charge in [-0.3, -0.25) is 0 Å². The molecule has 1 nitrogen and oxygen atoms in total. The highest BCUT2D eigenvalue weighted by Crippen LogP contribution is 2.30. The molecule has 1 fully saturated rings. The monoisotopic (exact) mass is 114 g/mol. The largest absolute Gasteiger partial charge is 0.378 e. The van der Waals surface area contributed by atoms with Gasteiger partial charge in [0.1, 0.15) is 0 Å². The molecule has 1 aliphatic rings. The zero-order valence-corrected chi connectivity index (χ0v) is 5.90. The van der Waals surface area contributed by atoms with E-state index in [1.54, 1.807) is 0 Å². The van der Waals surface area contributed by atoms with Gasteiger partial charge in [-0.1, -0.05) is 13.8 Å². The summed E-state index contributed by atoms with van der Waals surface area (Å²) in [7, 11) is 0. The summed E-state index contributed by atoms with van der Waals surface area (Å²) in [5, 5.41) is 0. The van der Waals surface area contributed by atoms with Crippen molar-refractivity contribution in [3.63, 3.8) is 0 Å². The second-order valence-electron chi connectivity index (χ2n) is 3.49. The first-order valence-electron chi connectivity index (χ1n) is 3.22. The summed E-state index contributed by atoms with van der Waals surface area (Å²) in [5.41, 5.74) is 0.444. The Labute approximate surface area is 51.0 Å². The molecule has 1 saturated heterocycles. The molecule has 0 saturated carbocycles. The van der Waals surface area contributed by atoms with Gasteiger partial charge in [0.05, 0.1) is 12.7 Å². The van der Waals surface area contributed by atoms with E-state index in [2.05, 4.69) is 20.8 Å². The van der Waals surface area contributed by atoms with Crippen LogP contribution in [-0.4, -0.2) is 12.7 Å². The molecule has 0 spiro atoms. The Morgan fingerprint density at radius 2 is 2.12 bits per heavy atom. The molecule has 1 unspecified atom stereocenters. The molecule has 48 valence electrons. The van der Waals surface area contributed by atoms with Crippen molar-refractivity contribution in [2.24, 2.45) is 5.41 Å². The fraction of sp³-hybridized carbons (Fsp3) is 1.00. The van der Waals surface area contributed by atoms with Gasteiger partial charge in [-0.05, 0) is 18.8 Å². The van der Waals surface area contributed by atoms with Crippen LogP contribution in [0.25, 0.3) is 0 Å². The molecule has 0 aliphatic carbocycles. The predicted molar refractivity (Wildman–Crippen MR) is 33.8 cm³/mol. The van der Waals surface area contributed by atoms with E-state index >= 15 is 0 Å². The van der Waals surface area contributed by atoms with Crippen LogP contribution < -0.4 is 0 Å². The summed E-state index contributed by atoms with van der Waals surface area (Å²) in [5.74, 6) is 0. The van der Waals surface area contributed by atoms with E-state index in [1.165, 1.54) is 6.42 Å². The van der Waals surface area contributed by atoms with Crippen molar-refractivity contribution in [1.82, 2.24) is 0 Å². The van der Waals surface area contributed by atoms with Crippen LogP contribution in [-0.2, 0) is 4.74 Å². The molecule has 1 heterocycles. The van der Waals surface area contributed by atoms with Crippen molar-refractivity contribution < 1.29 is 4.74 Å². The molecule has 1 heteroatoms. The van der Waals surface area contributed by atoms with Crippen LogP contribution in [0.15, 0.2) is 0 Å². The van der Waals surface area contributed by atoms with E-state index < -0.39 is 0 Å². The normalized spacial score (nSPS) is 35.6. The van der Waals surface area contributed by atoms with E-state index in [-0.39, 0.29) is 0 Å². The van der Waals surface area contributed by atoms with Crippen molar-refractivity contribution in [1.29, 1.82) is 0 Å². The van der Waals surface area contributed by atoms with Crippen LogP contribution >= 0.6 is 0 Å². The van der Waals surface area contributed by atoms with E-state index in [9.17, 15) is 0 Å². The Morgan fingerprint density at radius 1 is 1.50 bits per heavy atom. The van der Waals surface area contributed by atoms with Crippen LogP contribution in [0.1, 0.15) is 27.2 Å². The van der Waals surface area contributed by atoms with Gasteiger partial charge in [0.2, 0.25) is 0 Å². The quantitative estimate of drug-likeness (QED) is 0.466. The average molecular weight is 114 g/mol. The molecule has 8 heavy (non-hydrogen) atoms. The van der Waals surface area contributed by atoms with E-state index in [1.807, 2.05) is 0 Å². The Kier molecular flexibility index (Phi) is 1.31. The molecule has 0 N–H and O–H groups in total. The van der Waals surface area contributed by atoms with E-state index in [4.69, 9.17) is 4.74 Å². The number of ether oxygens (including phenoxy) is 1.